The number of anilines is 1. The van der Waals surface area contributed by atoms with Gasteiger partial charge in [0, 0.05) is 28.8 Å². The molecule has 1 aromatic heterocycles. The highest BCUT2D eigenvalue weighted by Crippen LogP contribution is 2.32. The van der Waals surface area contributed by atoms with E-state index in [4.69, 9.17) is 16.3 Å². The van der Waals surface area contributed by atoms with Gasteiger partial charge in [-0.15, -0.1) is 0 Å². The van der Waals surface area contributed by atoms with E-state index in [0.717, 1.165) is 12.1 Å². The molecule has 0 saturated carbocycles. The standard InChI is InChI=1S/C30H28ClFN4O5/c1-17-25(33-29(40)41-18(2)23-7-5-6-8-24(23)31)26(35-36(17)4)19-9-11-20(12-10-19)27(37)34-30(3,28(38)39)21-13-15-22(32)16-14-21/h5-16,18H,1-4H3,(H,33,40)(H,34,37)(H,38,39). The normalized spacial score (nSPS) is 13.1. The van der Waals surface area contributed by atoms with Crippen molar-refractivity contribution in [2.24, 2.45) is 7.05 Å². The first-order chi connectivity index (χ1) is 19.4. The number of benzene rings is 3. The molecule has 0 aliphatic carbocycles. The van der Waals surface area contributed by atoms with Gasteiger partial charge in [0.15, 0.2) is 5.54 Å². The number of aromatic nitrogens is 2. The number of carboxylic acids is 1. The van der Waals surface area contributed by atoms with Gasteiger partial charge in [-0.25, -0.2) is 14.0 Å². The van der Waals surface area contributed by atoms with Crippen LogP contribution in [-0.4, -0.2) is 32.9 Å². The molecule has 1 heterocycles. The fraction of sp³-hybridized carbons (Fsp3) is 0.200. The topological polar surface area (TPSA) is 123 Å². The largest absolute Gasteiger partial charge is 0.479 e. The molecule has 2 amide bonds. The number of carboxylic acid groups (broad SMARTS) is 1. The molecule has 2 atom stereocenters. The van der Waals surface area contributed by atoms with E-state index in [1.165, 1.54) is 31.2 Å². The minimum atomic E-state index is -1.79. The number of carbonyl (C=O) groups is 3. The van der Waals surface area contributed by atoms with Gasteiger partial charge in [0.1, 0.15) is 17.6 Å². The Balaban J connectivity index is 1.53. The number of nitrogens with one attached hydrogen (secondary N) is 2. The van der Waals surface area contributed by atoms with E-state index >= 15 is 0 Å². The van der Waals surface area contributed by atoms with Crippen LogP contribution in [0.1, 0.15) is 47.1 Å². The first-order valence-corrected chi connectivity index (χ1v) is 13.0. The van der Waals surface area contributed by atoms with Crippen LogP contribution in [0.2, 0.25) is 5.02 Å². The highest BCUT2D eigenvalue weighted by Gasteiger charge is 2.37. The lowest BCUT2D eigenvalue weighted by molar-refractivity contribution is -0.144. The minimum Gasteiger partial charge on any atom is -0.479 e. The number of ether oxygens (including phenoxy) is 1. The summed E-state index contributed by atoms with van der Waals surface area (Å²) in [7, 11) is 1.73. The number of hydrogen-bond donors (Lipinski definition) is 3. The van der Waals surface area contributed by atoms with Crippen LogP contribution in [0.5, 0.6) is 0 Å². The van der Waals surface area contributed by atoms with Crippen molar-refractivity contribution in [1.82, 2.24) is 15.1 Å². The second-order valence-corrected chi connectivity index (χ2v) is 10.0. The van der Waals surface area contributed by atoms with Crippen molar-refractivity contribution in [2.75, 3.05) is 5.32 Å². The van der Waals surface area contributed by atoms with Crippen LogP contribution in [0.3, 0.4) is 0 Å². The summed E-state index contributed by atoms with van der Waals surface area (Å²) in [4.78, 5) is 37.9. The molecule has 0 bridgehead atoms. The van der Waals surface area contributed by atoms with E-state index in [2.05, 4.69) is 15.7 Å². The van der Waals surface area contributed by atoms with Crippen molar-refractivity contribution in [3.63, 3.8) is 0 Å². The summed E-state index contributed by atoms with van der Waals surface area (Å²) in [6.07, 6.45) is -1.30. The molecule has 2 unspecified atom stereocenters. The number of rotatable bonds is 8. The first-order valence-electron chi connectivity index (χ1n) is 12.6. The summed E-state index contributed by atoms with van der Waals surface area (Å²) in [6, 6.07) is 18.3. The smallest absolute Gasteiger partial charge is 0.412 e. The molecule has 0 radical (unpaired) electrons. The average Bonchev–Trinajstić information content (AvgIpc) is 3.21. The Morgan fingerprint density at radius 1 is 1.05 bits per heavy atom. The van der Waals surface area contributed by atoms with Crippen molar-refractivity contribution in [3.05, 3.63) is 106 Å². The van der Waals surface area contributed by atoms with Crippen molar-refractivity contribution in [1.29, 1.82) is 0 Å². The summed E-state index contributed by atoms with van der Waals surface area (Å²) in [6.45, 7) is 4.83. The fourth-order valence-electron chi connectivity index (χ4n) is 4.23. The molecule has 4 rings (SSSR count). The molecular formula is C30H28ClFN4O5. The zero-order chi connectivity index (χ0) is 29.9. The summed E-state index contributed by atoms with van der Waals surface area (Å²) < 4.78 is 20.5. The summed E-state index contributed by atoms with van der Waals surface area (Å²) in [5, 5.41) is 20.1. The fourth-order valence-corrected chi connectivity index (χ4v) is 4.52. The summed E-state index contributed by atoms with van der Waals surface area (Å²) in [5.41, 5.74) is 1.42. The maximum atomic E-state index is 13.4. The third-order valence-electron chi connectivity index (χ3n) is 6.82. The zero-order valence-electron chi connectivity index (χ0n) is 22.7. The van der Waals surface area contributed by atoms with Gasteiger partial charge in [0.25, 0.3) is 5.91 Å². The van der Waals surface area contributed by atoms with Crippen LogP contribution in [-0.2, 0) is 22.1 Å². The molecule has 4 aromatic rings. The van der Waals surface area contributed by atoms with Crippen LogP contribution in [0.15, 0.2) is 72.8 Å². The van der Waals surface area contributed by atoms with Crippen molar-refractivity contribution >= 4 is 35.3 Å². The minimum absolute atomic E-state index is 0.193. The number of aliphatic carboxylic acids is 1. The molecular weight excluding hydrogens is 551 g/mol. The second kappa shape index (κ2) is 11.8. The highest BCUT2D eigenvalue weighted by molar-refractivity contribution is 6.31. The average molecular weight is 579 g/mol. The molecule has 0 fully saturated rings. The van der Waals surface area contributed by atoms with Gasteiger partial charge in [-0.05, 0) is 56.7 Å². The van der Waals surface area contributed by atoms with E-state index in [9.17, 15) is 23.9 Å². The molecule has 9 nitrogen and oxygen atoms in total. The SMILES string of the molecule is Cc1c(NC(=O)OC(C)c2ccccc2Cl)c(-c2ccc(C(=O)NC(C)(C(=O)O)c3ccc(F)cc3)cc2)nn1C. The van der Waals surface area contributed by atoms with Crippen molar-refractivity contribution in [2.45, 2.75) is 32.4 Å². The Morgan fingerprint density at radius 3 is 2.29 bits per heavy atom. The number of halogens is 2. The van der Waals surface area contributed by atoms with Gasteiger partial charge in [0.2, 0.25) is 0 Å². The molecule has 0 aliphatic rings. The van der Waals surface area contributed by atoms with Crippen molar-refractivity contribution in [3.8, 4) is 11.3 Å². The third kappa shape index (κ3) is 6.22. The number of hydrogen-bond acceptors (Lipinski definition) is 5. The van der Waals surface area contributed by atoms with Crippen LogP contribution in [0.4, 0.5) is 14.9 Å². The second-order valence-electron chi connectivity index (χ2n) is 9.60. The van der Waals surface area contributed by atoms with Crippen LogP contribution >= 0.6 is 11.6 Å². The molecule has 3 aromatic carbocycles. The molecule has 3 N–H and O–H groups in total. The summed E-state index contributed by atoms with van der Waals surface area (Å²) >= 11 is 6.22. The Bertz CT molecular complexity index is 1600. The number of nitrogens with zero attached hydrogens (tertiary/aromatic N) is 2. The molecule has 0 aliphatic heterocycles. The number of amides is 2. The third-order valence-corrected chi connectivity index (χ3v) is 7.17. The molecule has 11 heteroatoms. The van der Waals surface area contributed by atoms with Gasteiger partial charge in [-0.3, -0.25) is 14.8 Å². The summed E-state index contributed by atoms with van der Waals surface area (Å²) in [5.74, 6) is -2.46. The van der Waals surface area contributed by atoms with Gasteiger partial charge >= 0.3 is 12.1 Å². The molecule has 212 valence electrons. The molecule has 0 saturated heterocycles. The Hall–Kier alpha value is -4.70. The monoisotopic (exact) mass is 578 g/mol. The molecule has 41 heavy (non-hydrogen) atoms. The van der Waals surface area contributed by atoms with E-state index in [1.54, 1.807) is 62.0 Å². The van der Waals surface area contributed by atoms with E-state index in [0.29, 0.717) is 33.2 Å². The Morgan fingerprint density at radius 2 is 1.68 bits per heavy atom. The van der Waals surface area contributed by atoms with Crippen molar-refractivity contribution < 1.29 is 28.6 Å². The van der Waals surface area contributed by atoms with Crippen LogP contribution < -0.4 is 10.6 Å². The number of aryl methyl sites for hydroxylation is 1. The van der Waals surface area contributed by atoms with Crippen LogP contribution in [0, 0.1) is 12.7 Å². The Labute approximate surface area is 240 Å². The lowest BCUT2D eigenvalue weighted by Crippen LogP contribution is -2.49. The quantitative estimate of drug-likeness (QED) is 0.228. The van der Waals surface area contributed by atoms with E-state index < -0.39 is 35.4 Å². The lowest BCUT2D eigenvalue weighted by Gasteiger charge is -2.27. The molecule has 0 spiro atoms. The van der Waals surface area contributed by atoms with Gasteiger partial charge in [-0.1, -0.05) is 54.1 Å². The lowest BCUT2D eigenvalue weighted by atomic mass is 9.91. The maximum Gasteiger partial charge on any atom is 0.412 e. The maximum absolute atomic E-state index is 13.4. The van der Waals surface area contributed by atoms with Crippen LogP contribution in [0.25, 0.3) is 11.3 Å². The van der Waals surface area contributed by atoms with Gasteiger partial charge in [-0.2, -0.15) is 5.10 Å². The van der Waals surface area contributed by atoms with Gasteiger partial charge in [0.05, 0.1) is 11.4 Å². The highest BCUT2D eigenvalue weighted by atomic mass is 35.5. The van der Waals surface area contributed by atoms with E-state index in [-0.39, 0.29) is 11.1 Å². The zero-order valence-corrected chi connectivity index (χ0v) is 23.5. The van der Waals surface area contributed by atoms with E-state index in [1.807, 2.05) is 0 Å². The Kier molecular flexibility index (Phi) is 8.44. The first kappa shape index (κ1) is 29.3. The van der Waals surface area contributed by atoms with Gasteiger partial charge < -0.3 is 15.2 Å². The predicted molar refractivity (Wildman–Crippen MR) is 152 cm³/mol. The number of carbonyl (C=O) groups excluding carboxylic acids is 2. The predicted octanol–water partition coefficient (Wildman–Crippen LogP) is 6.23.